The first kappa shape index (κ1) is 31.2. The zero-order chi connectivity index (χ0) is 27.9. The highest BCUT2D eigenvalue weighted by atomic mass is 35.5. The third kappa shape index (κ3) is 9.36. The highest BCUT2D eigenvalue weighted by molar-refractivity contribution is 7.92. The van der Waals surface area contributed by atoms with Gasteiger partial charge in [-0.15, -0.1) is 0 Å². The molecule has 0 saturated heterocycles. The van der Waals surface area contributed by atoms with E-state index in [0.29, 0.717) is 32.9 Å². The van der Waals surface area contributed by atoms with Crippen molar-refractivity contribution in [1.29, 1.82) is 0 Å². The molecule has 0 spiro atoms. The van der Waals surface area contributed by atoms with E-state index in [0.717, 1.165) is 11.8 Å². The number of hydrogen-bond acceptors (Lipinski definition) is 4. The van der Waals surface area contributed by atoms with Crippen LogP contribution in [0.2, 0.25) is 15.1 Å². The summed E-state index contributed by atoms with van der Waals surface area (Å²) in [6.45, 7) is 8.09. The summed E-state index contributed by atoms with van der Waals surface area (Å²) < 4.78 is 26.3. The second-order valence-electron chi connectivity index (χ2n) is 9.44. The minimum atomic E-state index is -3.62. The molecule has 2 rings (SSSR count). The first-order valence-electron chi connectivity index (χ1n) is 12.0. The van der Waals surface area contributed by atoms with Crippen molar-refractivity contribution in [2.45, 2.75) is 53.1 Å². The van der Waals surface area contributed by atoms with Crippen molar-refractivity contribution < 1.29 is 18.0 Å². The summed E-state index contributed by atoms with van der Waals surface area (Å²) >= 11 is 18.5. The minimum Gasteiger partial charge on any atom is -0.354 e. The summed E-state index contributed by atoms with van der Waals surface area (Å²) in [7, 11) is -3.62. The van der Waals surface area contributed by atoms with Gasteiger partial charge in [0.2, 0.25) is 21.8 Å². The van der Waals surface area contributed by atoms with Crippen molar-refractivity contribution in [3.63, 3.8) is 0 Å². The Morgan fingerprint density at radius 1 is 1.00 bits per heavy atom. The van der Waals surface area contributed by atoms with Crippen LogP contribution in [0.4, 0.5) is 5.69 Å². The molecule has 0 radical (unpaired) electrons. The zero-order valence-corrected chi connectivity index (χ0v) is 24.8. The predicted molar refractivity (Wildman–Crippen MR) is 152 cm³/mol. The third-order valence-corrected chi connectivity index (χ3v) is 7.80. The van der Waals surface area contributed by atoms with Crippen LogP contribution in [0.3, 0.4) is 0 Å². The SMILES string of the molecule is Cc1ccc(Cl)cc1N(CCCC(=O)N(Cc1ccc(Cl)cc1Cl)[C@H](C)C(=O)NCC(C)C)S(C)(=O)=O. The van der Waals surface area contributed by atoms with Gasteiger partial charge in [0.1, 0.15) is 6.04 Å². The average molecular weight is 591 g/mol. The fourth-order valence-corrected chi connectivity index (χ4v) is 5.35. The van der Waals surface area contributed by atoms with E-state index in [-0.39, 0.29) is 43.7 Å². The lowest BCUT2D eigenvalue weighted by Crippen LogP contribution is -2.48. The smallest absolute Gasteiger partial charge is 0.242 e. The lowest BCUT2D eigenvalue weighted by Gasteiger charge is -2.30. The first-order chi connectivity index (χ1) is 17.2. The van der Waals surface area contributed by atoms with E-state index in [9.17, 15) is 18.0 Å². The Hall–Kier alpha value is -2.00. The van der Waals surface area contributed by atoms with Crippen molar-refractivity contribution >= 4 is 62.3 Å². The molecule has 204 valence electrons. The normalized spacial score (nSPS) is 12.4. The van der Waals surface area contributed by atoms with Crippen molar-refractivity contribution in [3.05, 3.63) is 62.6 Å². The van der Waals surface area contributed by atoms with Crippen LogP contribution < -0.4 is 9.62 Å². The standard InChI is InChI=1S/C26H34Cl3N3O4S/c1-17(2)15-30-26(34)19(4)31(16-20-9-11-21(27)13-23(20)29)25(33)7-6-12-32(37(5,35)36)24-14-22(28)10-8-18(24)3/h8-11,13-14,17,19H,6-7,12,15-16H2,1-5H3,(H,30,34)/t19-/m1/s1. The number of halogens is 3. The number of anilines is 1. The average Bonchev–Trinajstić information content (AvgIpc) is 2.80. The molecule has 1 N–H and O–H groups in total. The fraction of sp³-hybridized carbons (Fsp3) is 0.462. The van der Waals surface area contributed by atoms with Gasteiger partial charge < -0.3 is 10.2 Å². The third-order valence-electron chi connectivity index (χ3n) is 5.80. The van der Waals surface area contributed by atoms with Gasteiger partial charge in [-0.2, -0.15) is 0 Å². The molecule has 0 aliphatic rings. The molecule has 0 aliphatic carbocycles. The van der Waals surface area contributed by atoms with Crippen LogP contribution in [-0.2, 0) is 26.2 Å². The molecule has 0 bridgehead atoms. The number of amides is 2. The Labute approximate surface area is 235 Å². The number of carbonyl (C=O) groups is 2. The number of rotatable bonds is 12. The molecular formula is C26H34Cl3N3O4S. The molecule has 0 unspecified atom stereocenters. The molecule has 0 aromatic heterocycles. The number of nitrogens with zero attached hydrogens (tertiary/aromatic N) is 2. The van der Waals surface area contributed by atoms with Crippen molar-refractivity contribution in [3.8, 4) is 0 Å². The van der Waals surface area contributed by atoms with Crippen LogP contribution in [0.1, 0.15) is 44.7 Å². The maximum atomic E-state index is 13.4. The van der Waals surface area contributed by atoms with E-state index in [2.05, 4.69) is 5.32 Å². The molecule has 2 aromatic carbocycles. The molecule has 1 atom stereocenters. The van der Waals surface area contributed by atoms with E-state index < -0.39 is 16.1 Å². The van der Waals surface area contributed by atoms with Gasteiger partial charge in [-0.3, -0.25) is 13.9 Å². The highest BCUT2D eigenvalue weighted by Crippen LogP contribution is 2.27. The van der Waals surface area contributed by atoms with Gasteiger partial charge in [-0.05, 0) is 61.6 Å². The summed E-state index contributed by atoms with van der Waals surface area (Å²) in [6, 6.07) is 9.24. The van der Waals surface area contributed by atoms with Crippen molar-refractivity contribution in [1.82, 2.24) is 10.2 Å². The maximum Gasteiger partial charge on any atom is 0.242 e. The Kier molecular flexibility index (Phi) is 11.6. The molecular weight excluding hydrogens is 557 g/mol. The van der Waals surface area contributed by atoms with E-state index in [1.165, 1.54) is 9.21 Å². The van der Waals surface area contributed by atoms with Gasteiger partial charge in [-0.1, -0.05) is 60.8 Å². The second kappa shape index (κ2) is 13.7. The molecule has 0 heterocycles. The van der Waals surface area contributed by atoms with E-state index in [1.807, 2.05) is 13.8 Å². The Morgan fingerprint density at radius 3 is 2.22 bits per heavy atom. The summed E-state index contributed by atoms with van der Waals surface area (Å²) in [5.74, 6) is -0.322. The first-order valence-corrected chi connectivity index (χ1v) is 14.9. The van der Waals surface area contributed by atoms with Gasteiger partial charge in [-0.25, -0.2) is 8.42 Å². The molecule has 2 amide bonds. The summed E-state index contributed by atoms with van der Waals surface area (Å²) in [5, 5.41) is 4.13. The number of nitrogens with one attached hydrogen (secondary N) is 1. The molecule has 0 saturated carbocycles. The molecule has 7 nitrogen and oxygen atoms in total. The van der Waals surface area contributed by atoms with E-state index in [4.69, 9.17) is 34.8 Å². The number of aryl methyl sites for hydroxylation is 1. The number of hydrogen-bond donors (Lipinski definition) is 1. The molecule has 37 heavy (non-hydrogen) atoms. The molecule has 2 aromatic rings. The maximum absolute atomic E-state index is 13.4. The predicted octanol–water partition coefficient (Wildman–Crippen LogP) is 5.69. The van der Waals surface area contributed by atoms with Crippen molar-refractivity contribution in [2.24, 2.45) is 5.92 Å². The van der Waals surface area contributed by atoms with Crippen LogP contribution in [0.5, 0.6) is 0 Å². The summed E-state index contributed by atoms with van der Waals surface area (Å²) in [4.78, 5) is 27.7. The van der Waals surface area contributed by atoms with Crippen LogP contribution >= 0.6 is 34.8 Å². The monoisotopic (exact) mass is 589 g/mol. The highest BCUT2D eigenvalue weighted by Gasteiger charge is 2.27. The largest absolute Gasteiger partial charge is 0.354 e. The van der Waals surface area contributed by atoms with Gasteiger partial charge in [0.05, 0.1) is 11.9 Å². The number of sulfonamides is 1. The zero-order valence-electron chi connectivity index (χ0n) is 21.7. The van der Waals surface area contributed by atoms with Crippen molar-refractivity contribution in [2.75, 3.05) is 23.7 Å². The molecule has 0 aliphatic heterocycles. The molecule has 0 fully saturated rings. The minimum absolute atomic E-state index is 0.0264. The number of benzene rings is 2. The summed E-state index contributed by atoms with van der Waals surface area (Å²) in [5.41, 5.74) is 1.86. The van der Waals surface area contributed by atoms with Crippen LogP contribution in [0.25, 0.3) is 0 Å². The van der Waals surface area contributed by atoms with Crippen LogP contribution in [-0.4, -0.2) is 50.5 Å². The lowest BCUT2D eigenvalue weighted by atomic mass is 10.1. The van der Waals surface area contributed by atoms with Crippen LogP contribution in [0, 0.1) is 12.8 Å². The quantitative estimate of drug-likeness (QED) is 0.344. The Bertz CT molecular complexity index is 1220. The van der Waals surface area contributed by atoms with Gasteiger partial charge in [0, 0.05) is 41.1 Å². The van der Waals surface area contributed by atoms with E-state index in [1.54, 1.807) is 50.2 Å². The van der Waals surface area contributed by atoms with Gasteiger partial charge in [0.15, 0.2) is 0 Å². The Balaban J connectivity index is 2.23. The van der Waals surface area contributed by atoms with Crippen LogP contribution in [0.15, 0.2) is 36.4 Å². The molecule has 11 heteroatoms. The summed E-state index contributed by atoms with van der Waals surface area (Å²) in [6.07, 6.45) is 1.38. The van der Waals surface area contributed by atoms with Gasteiger partial charge >= 0.3 is 0 Å². The second-order valence-corrected chi connectivity index (χ2v) is 12.6. The number of carbonyl (C=O) groups excluding carboxylic acids is 2. The lowest BCUT2D eigenvalue weighted by molar-refractivity contribution is -0.140. The van der Waals surface area contributed by atoms with E-state index >= 15 is 0 Å². The van der Waals surface area contributed by atoms with Gasteiger partial charge in [0.25, 0.3) is 0 Å². The Morgan fingerprint density at radius 2 is 1.62 bits per heavy atom. The fourth-order valence-electron chi connectivity index (χ4n) is 3.70. The topological polar surface area (TPSA) is 86.8 Å².